The third kappa shape index (κ3) is 4.18. The lowest BCUT2D eigenvalue weighted by Crippen LogP contribution is -2.46. The van der Waals surface area contributed by atoms with Crippen molar-refractivity contribution in [2.75, 3.05) is 46.0 Å². The summed E-state index contributed by atoms with van der Waals surface area (Å²) in [5.41, 5.74) is 5.61. The van der Waals surface area contributed by atoms with Gasteiger partial charge in [0, 0.05) is 32.8 Å². The average Bonchev–Trinajstić information content (AvgIpc) is 2.79. The fourth-order valence-electron chi connectivity index (χ4n) is 2.30. The molecule has 2 N–H and O–H groups in total. The van der Waals surface area contributed by atoms with Gasteiger partial charge in [-0.15, -0.1) is 12.4 Å². The smallest absolute Gasteiger partial charge is 0.0824 e. The van der Waals surface area contributed by atoms with Crippen molar-refractivity contribution < 1.29 is 9.47 Å². The van der Waals surface area contributed by atoms with Gasteiger partial charge in [0.25, 0.3) is 0 Å². The molecular formula is C11H23ClN2O2. The first-order valence-electron chi connectivity index (χ1n) is 6.00. The van der Waals surface area contributed by atoms with Crippen LogP contribution in [-0.4, -0.2) is 57.0 Å². The van der Waals surface area contributed by atoms with E-state index in [4.69, 9.17) is 15.2 Å². The number of rotatable bonds is 4. The van der Waals surface area contributed by atoms with Crippen LogP contribution in [0.3, 0.4) is 0 Å². The predicted octanol–water partition coefficient (Wildman–Crippen LogP) is 0.494. The van der Waals surface area contributed by atoms with E-state index >= 15 is 0 Å². The Kier molecular flexibility index (Phi) is 6.61. The Morgan fingerprint density at radius 3 is 2.88 bits per heavy atom. The molecule has 2 aliphatic rings. The van der Waals surface area contributed by atoms with Crippen LogP contribution in [0.1, 0.15) is 12.8 Å². The predicted molar refractivity (Wildman–Crippen MR) is 66.0 cm³/mol. The van der Waals surface area contributed by atoms with Crippen molar-refractivity contribution in [2.24, 2.45) is 11.7 Å². The zero-order valence-corrected chi connectivity index (χ0v) is 10.6. The minimum absolute atomic E-state index is 0. The molecule has 0 bridgehead atoms. The van der Waals surface area contributed by atoms with Crippen molar-refractivity contribution in [1.29, 1.82) is 0 Å². The third-order valence-corrected chi connectivity index (χ3v) is 3.36. The standard InChI is InChI=1S/C11H22N2O2.ClH/c12-7-11-8-13(4-6-15-11)3-1-10-2-5-14-9-10;/h10-11H,1-9,12H2;1H. The SMILES string of the molecule is Cl.NCC1CN(CCC2CCOC2)CCO1. The Hall–Kier alpha value is 0.130. The molecule has 2 saturated heterocycles. The highest BCUT2D eigenvalue weighted by Crippen LogP contribution is 2.17. The molecule has 16 heavy (non-hydrogen) atoms. The van der Waals surface area contributed by atoms with E-state index in [9.17, 15) is 0 Å². The van der Waals surface area contributed by atoms with E-state index in [1.165, 1.54) is 19.4 Å². The molecule has 0 aromatic heterocycles. The van der Waals surface area contributed by atoms with Crippen molar-refractivity contribution in [3.8, 4) is 0 Å². The molecule has 2 fully saturated rings. The molecule has 2 heterocycles. The van der Waals surface area contributed by atoms with Gasteiger partial charge in [0.05, 0.1) is 12.7 Å². The second-order valence-electron chi connectivity index (χ2n) is 4.55. The summed E-state index contributed by atoms with van der Waals surface area (Å²) in [7, 11) is 0. The number of halogens is 1. The summed E-state index contributed by atoms with van der Waals surface area (Å²) in [6.07, 6.45) is 2.75. The van der Waals surface area contributed by atoms with Gasteiger partial charge in [-0.1, -0.05) is 0 Å². The van der Waals surface area contributed by atoms with Crippen LogP contribution in [-0.2, 0) is 9.47 Å². The van der Waals surface area contributed by atoms with E-state index < -0.39 is 0 Å². The lowest BCUT2D eigenvalue weighted by atomic mass is 10.0. The molecule has 2 unspecified atom stereocenters. The normalized spacial score (nSPS) is 31.3. The summed E-state index contributed by atoms with van der Waals surface area (Å²) >= 11 is 0. The molecule has 0 aromatic rings. The van der Waals surface area contributed by atoms with Crippen LogP contribution >= 0.6 is 12.4 Å². The first kappa shape index (κ1) is 14.2. The molecule has 0 aliphatic carbocycles. The fraction of sp³-hybridized carbons (Fsp3) is 1.00. The molecule has 96 valence electrons. The molecular weight excluding hydrogens is 228 g/mol. The first-order valence-corrected chi connectivity index (χ1v) is 6.00. The van der Waals surface area contributed by atoms with Gasteiger partial charge >= 0.3 is 0 Å². The summed E-state index contributed by atoms with van der Waals surface area (Å²) in [4.78, 5) is 2.47. The molecule has 2 aliphatic heterocycles. The van der Waals surface area contributed by atoms with E-state index in [1.54, 1.807) is 0 Å². The minimum Gasteiger partial charge on any atom is -0.381 e. The van der Waals surface area contributed by atoms with Crippen molar-refractivity contribution in [2.45, 2.75) is 18.9 Å². The second kappa shape index (κ2) is 7.45. The van der Waals surface area contributed by atoms with E-state index in [1.807, 2.05) is 0 Å². The zero-order chi connectivity index (χ0) is 10.5. The number of hydrogen-bond donors (Lipinski definition) is 1. The van der Waals surface area contributed by atoms with Gasteiger partial charge in [-0.3, -0.25) is 4.90 Å². The van der Waals surface area contributed by atoms with Gasteiger partial charge in [0.15, 0.2) is 0 Å². The number of nitrogens with two attached hydrogens (primary N) is 1. The zero-order valence-electron chi connectivity index (χ0n) is 9.77. The van der Waals surface area contributed by atoms with Crippen LogP contribution in [0, 0.1) is 5.92 Å². The third-order valence-electron chi connectivity index (χ3n) is 3.36. The highest BCUT2D eigenvalue weighted by atomic mass is 35.5. The maximum atomic E-state index is 5.61. The highest BCUT2D eigenvalue weighted by molar-refractivity contribution is 5.85. The molecule has 0 spiro atoms. The Balaban J connectivity index is 0.00000128. The van der Waals surface area contributed by atoms with Crippen LogP contribution in [0.25, 0.3) is 0 Å². The number of nitrogens with zero attached hydrogens (tertiary/aromatic N) is 1. The first-order chi connectivity index (χ1) is 7.38. The highest BCUT2D eigenvalue weighted by Gasteiger charge is 2.21. The number of morpholine rings is 1. The summed E-state index contributed by atoms with van der Waals surface area (Å²) in [5.74, 6) is 0.782. The molecule has 0 aromatic carbocycles. The number of ether oxygens (including phenoxy) is 2. The van der Waals surface area contributed by atoms with Gasteiger partial charge in [-0.05, 0) is 25.3 Å². The van der Waals surface area contributed by atoms with Crippen LogP contribution in [0.2, 0.25) is 0 Å². The lowest BCUT2D eigenvalue weighted by molar-refractivity contribution is -0.0246. The molecule has 2 rings (SSSR count). The van der Waals surface area contributed by atoms with Crippen LogP contribution in [0.5, 0.6) is 0 Å². The van der Waals surface area contributed by atoms with E-state index in [-0.39, 0.29) is 18.5 Å². The van der Waals surface area contributed by atoms with Gasteiger partial charge in [-0.25, -0.2) is 0 Å². The molecule has 0 saturated carbocycles. The van der Waals surface area contributed by atoms with Gasteiger partial charge < -0.3 is 15.2 Å². The maximum absolute atomic E-state index is 5.61. The Morgan fingerprint density at radius 1 is 1.31 bits per heavy atom. The van der Waals surface area contributed by atoms with Gasteiger partial charge in [-0.2, -0.15) is 0 Å². The fourth-order valence-corrected chi connectivity index (χ4v) is 2.30. The maximum Gasteiger partial charge on any atom is 0.0824 e. The molecule has 0 radical (unpaired) electrons. The molecule has 2 atom stereocenters. The Bertz CT molecular complexity index is 189. The molecule has 4 nitrogen and oxygen atoms in total. The van der Waals surface area contributed by atoms with Crippen molar-refractivity contribution >= 4 is 12.4 Å². The van der Waals surface area contributed by atoms with E-state index in [2.05, 4.69) is 4.90 Å². The molecule has 0 amide bonds. The lowest BCUT2D eigenvalue weighted by Gasteiger charge is -2.32. The average molecular weight is 251 g/mol. The van der Waals surface area contributed by atoms with Crippen molar-refractivity contribution in [3.05, 3.63) is 0 Å². The largest absolute Gasteiger partial charge is 0.381 e. The number of hydrogen-bond acceptors (Lipinski definition) is 4. The van der Waals surface area contributed by atoms with Crippen LogP contribution in [0.15, 0.2) is 0 Å². The minimum atomic E-state index is 0. The van der Waals surface area contributed by atoms with Crippen LogP contribution in [0.4, 0.5) is 0 Å². The monoisotopic (exact) mass is 250 g/mol. The van der Waals surface area contributed by atoms with E-state index in [0.29, 0.717) is 6.54 Å². The Morgan fingerprint density at radius 2 is 2.19 bits per heavy atom. The quantitative estimate of drug-likeness (QED) is 0.789. The Labute approximate surface area is 104 Å². The van der Waals surface area contributed by atoms with E-state index in [0.717, 1.165) is 38.8 Å². The van der Waals surface area contributed by atoms with Crippen LogP contribution < -0.4 is 5.73 Å². The van der Waals surface area contributed by atoms with Crippen molar-refractivity contribution in [3.63, 3.8) is 0 Å². The molecule has 5 heteroatoms. The topological polar surface area (TPSA) is 47.7 Å². The summed E-state index contributed by atoms with van der Waals surface area (Å²) in [6, 6.07) is 0. The summed E-state index contributed by atoms with van der Waals surface area (Å²) < 4.78 is 10.9. The summed E-state index contributed by atoms with van der Waals surface area (Å²) in [5, 5.41) is 0. The van der Waals surface area contributed by atoms with Gasteiger partial charge in [0.1, 0.15) is 0 Å². The van der Waals surface area contributed by atoms with Gasteiger partial charge in [0.2, 0.25) is 0 Å². The van der Waals surface area contributed by atoms with Crippen molar-refractivity contribution in [1.82, 2.24) is 4.90 Å². The summed E-state index contributed by atoms with van der Waals surface area (Å²) in [6.45, 7) is 6.64. The second-order valence-corrected chi connectivity index (χ2v) is 4.55.